The first-order valence-corrected chi connectivity index (χ1v) is 12.2. The lowest BCUT2D eigenvalue weighted by molar-refractivity contribution is -0.310. The summed E-state index contributed by atoms with van der Waals surface area (Å²) in [6.45, 7) is 2.84. The number of hydrogen-bond acceptors (Lipinski definition) is 12. The molecule has 1 saturated heterocycles. The van der Waals surface area contributed by atoms with Crippen LogP contribution in [0, 0.1) is 0 Å². The van der Waals surface area contributed by atoms with Gasteiger partial charge in [0, 0.05) is 31.1 Å². The van der Waals surface area contributed by atoms with Crippen LogP contribution in [0.2, 0.25) is 0 Å². The molecule has 1 aliphatic heterocycles. The van der Waals surface area contributed by atoms with Crippen LogP contribution in [0.25, 0.3) is 21.2 Å². The first-order chi connectivity index (χ1) is 19.1. The maximum Gasteiger partial charge on any atom is 0.339 e. The summed E-state index contributed by atoms with van der Waals surface area (Å²) >= 11 is 0. The predicted octanol–water partition coefficient (Wildman–Crippen LogP) is 2.61. The van der Waals surface area contributed by atoms with Crippen molar-refractivity contribution in [3.8, 4) is 5.75 Å². The Kier molecular flexibility index (Phi) is 10.6. The average molecular weight is 560 g/mol. The number of rotatable bonds is 11. The second-order valence-electron chi connectivity index (χ2n) is 8.63. The summed E-state index contributed by atoms with van der Waals surface area (Å²) in [5.41, 5.74) is 8.92. The number of carbonyl (C=O) groups is 4. The van der Waals surface area contributed by atoms with E-state index < -0.39 is 60.7 Å². The third kappa shape index (κ3) is 7.82. The van der Waals surface area contributed by atoms with E-state index in [9.17, 15) is 19.2 Å². The molecule has 0 aromatic heterocycles. The zero-order valence-electron chi connectivity index (χ0n) is 22.3. The molecule has 14 nitrogen and oxygen atoms in total. The molecule has 214 valence electrons. The van der Waals surface area contributed by atoms with Gasteiger partial charge in [-0.2, -0.15) is 0 Å². The normalized spacial score (nSPS) is 22.8. The van der Waals surface area contributed by atoms with Crippen LogP contribution in [0.4, 0.5) is 0 Å². The Bertz CT molecular complexity index is 1270. The van der Waals surface area contributed by atoms with Gasteiger partial charge in [-0.05, 0) is 17.0 Å². The second-order valence-corrected chi connectivity index (χ2v) is 8.63. The Morgan fingerprint density at radius 1 is 0.925 bits per heavy atom. The Balaban J connectivity index is 1.95. The maximum absolute atomic E-state index is 12.6. The summed E-state index contributed by atoms with van der Waals surface area (Å²) in [4.78, 5) is 51.2. The van der Waals surface area contributed by atoms with E-state index >= 15 is 0 Å². The molecule has 0 N–H and O–H groups in total. The molecule has 0 aliphatic carbocycles. The Labute approximate surface area is 229 Å². The van der Waals surface area contributed by atoms with E-state index in [0.717, 1.165) is 38.7 Å². The molecule has 14 heteroatoms. The van der Waals surface area contributed by atoms with Gasteiger partial charge in [-0.1, -0.05) is 41.5 Å². The van der Waals surface area contributed by atoms with Gasteiger partial charge in [-0.25, -0.2) is 4.79 Å². The lowest BCUT2D eigenvalue weighted by Crippen LogP contribution is -2.64. The van der Waals surface area contributed by atoms with Crippen molar-refractivity contribution in [3.63, 3.8) is 0 Å². The van der Waals surface area contributed by atoms with Crippen molar-refractivity contribution in [3.05, 3.63) is 52.9 Å². The maximum atomic E-state index is 12.6. The lowest BCUT2D eigenvalue weighted by Gasteiger charge is -2.43. The zero-order valence-corrected chi connectivity index (χ0v) is 22.3. The second kappa shape index (κ2) is 14.1. The fraction of sp³-hybridized carbons (Fsp3) is 0.462. The van der Waals surface area contributed by atoms with Crippen molar-refractivity contribution >= 4 is 34.6 Å². The van der Waals surface area contributed by atoms with Crippen molar-refractivity contribution < 1.29 is 52.3 Å². The van der Waals surface area contributed by atoms with Crippen molar-refractivity contribution in [1.29, 1.82) is 0 Å². The molecule has 2 aromatic carbocycles. The minimum atomic E-state index is -1.63. The fourth-order valence-corrected chi connectivity index (χ4v) is 4.15. The molecule has 40 heavy (non-hydrogen) atoms. The number of hydrogen-bond donors (Lipinski definition) is 0. The SMILES string of the molecule is COC(=O)C1OC(OC(CN=[N+]=[N-])COc2cccc3ccccc23)C(OC(C)=O)C(OC(C)=O)C1OC(C)=O. The number of esters is 4. The van der Waals surface area contributed by atoms with Gasteiger partial charge in [0.1, 0.15) is 18.5 Å². The van der Waals surface area contributed by atoms with Crippen LogP contribution >= 0.6 is 0 Å². The molecule has 3 rings (SSSR count). The van der Waals surface area contributed by atoms with Gasteiger partial charge < -0.3 is 33.2 Å². The van der Waals surface area contributed by atoms with Crippen molar-refractivity contribution in [2.75, 3.05) is 20.3 Å². The number of ether oxygens (including phenoxy) is 7. The van der Waals surface area contributed by atoms with Crippen molar-refractivity contribution in [1.82, 2.24) is 0 Å². The molecule has 6 unspecified atom stereocenters. The van der Waals surface area contributed by atoms with Crippen LogP contribution in [-0.4, -0.2) is 80.9 Å². The summed E-state index contributed by atoms with van der Waals surface area (Å²) in [5.74, 6) is -2.92. The molecule has 1 fully saturated rings. The van der Waals surface area contributed by atoms with E-state index in [1.165, 1.54) is 0 Å². The van der Waals surface area contributed by atoms with Crippen LogP contribution in [-0.2, 0) is 47.6 Å². The van der Waals surface area contributed by atoms with E-state index in [0.29, 0.717) is 5.75 Å². The van der Waals surface area contributed by atoms with E-state index in [2.05, 4.69) is 10.0 Å². The van der Waals surface area contributed by atoms with Gasteiger partial charge in [-0.3, -0.25) is 14.4 Å². The monoisotopic (exact) mass is 559 g/mol. The summed E-state index contributed by atoms with van der Waals surface area (Å²) in [5, 5.41) is 5.31. The van der Waals surface area contributed by atoms with Crippen molar-refractivity contribution in [2.24, 2.45) is 5.11 Å². The molecule has 0 radical (unpaired) electrons. The third-order valence-electron chi connectivity index (χ3n) is 5.68. The Hall–Kier alpha value is -4.39. The molecule has 6 atom stereocenters. The molecule has 0 amide bonds. The van der Waals surface area contributed by atoms with Crippen molar-refractivity contribution in [2.45, 2.75) is 57.6 Å². The van der Waals surface area contributed by atoms with E-state index in [1.54, 1.807) is 6.07 Å². The number of methoxy groups -OCH3 is 1. The van der Waals surface area contributed by atoms with Gasteiger partial charge in [0.15, 0.2) is 30.7 Å². The van der Waals surface area contributed by atoms with Crippen LogP contribution in [0.15, 0.2) is 47.6 Å². The van der Waals surface area contributed by atoms with Gasteiger partial charge in [0.05, 0.1) is 13.7 Å². The first kappa shape index (κ1) is 30.2. The highest BCUT2D eigenvalue weighted by atomic mass is 16.7. The number of fused-ring (bicyclic) bond motifs is 1. The molecule has 0 spiro atoms. The Morgan fingerprint density at radius 2 is 1.55 bits per heavy atom. The van der Waals surface area contributed by atoms with Gasteiger partial charge in [0.25, 0.3) is 0 Å². The summed E-state index contributed by atoms with van der Waals surface area (Å²) < 4.78 is 38.5. The summed E-state index contributed by atoms with van der Waals surface area (Å²) in [7, 11) is 1.08. The largest absolute Gasteiger partial charge is 0.490 e. The van der Waals surface area contributed by atoms with Crippen LogP contribution in [0.5, 0.6) is 5.75 Å². The number of carbonyl (C=O) groups excluding carboxylic acids is 4. The minimum Gasteiger partial charge on any atom is -0.490 e. The first-order valence-electron chi connectivity index (χ1n) is 12.2. The third-order valence-corrected chi connectivity index (χ3v) is 5.68. The standard InChI is InChI=1S/C26H29N3O11/c1-14(30)36-21-22(37-15(2)31)24(38-16(3)32)26(40-23(21)25(33)34-4)39-18(12-28-29-27)13-35-20-11-7-9-17-8-5-6-10-19(17)20/h5-11,18,21-24,26H,12-13H2,1-4H3. The van der Waals surface area contributed by atoms with E-state index in [4.69, 9.17) is 38.7 Å². The lowest BCUT2D eigenvalue weighted by atomic mass is 9.97. The molecule has 2 aromatic rings. The predicted molar refractivity (Wildman–Crippen MR) is 136 cm³/mol. The topological polar surface area (TPSA) is 182 Å². The van der Waals surface area contributed by atoms with Gasteiger partial charge in [0.2, 0.25) is 0 Å². The van der Waals surface area contributed by atoms with Crippen LogP contribution in [0.3, 0.4) is 0 Å². The number of azide groups is 1. The smallest absolute Gasteiger partial charge is 0.339 e. The summed E-state index contributed by atoms with van der Waals surface area (Å²) in [6, 6.07) is 13.0. The molecule has 1 heterocycles. The average Bonchev–Trinajstić information content (AvgIpc) is 2.91. The quantitative estimate of drug-likeness (QED) is 0.130. The summed E-state index contributed by atoms with van der Waals surface area (Å²) in [6.07, 6.45) is -8.77. The molecular weight excluding hydrogens is 530 g/mol. The fourth-order valence-electron chi connectivity index (χ4n) is 4.15. The number of nitrogens with zero attached hydrogens (tertiary/aromatic N) is 3. The minimum absolute atomic E-state index is 0.159. The van der Waals surface area contributed by atoms with Crippen LogP contribution < -0.4 is 4.74 Å². The number of benzene rings is 2. The Morgan fingerprint density at radius 3 is 2.20 bits per heavy atom. The molecular formula is C26H29N3O11. The van der Waals surface area contributed by atoms with E-state index in [1.807, 2.05) is 36.4 Å². The van der Waals surface area contributed by atoms with Gasteiger partial charge in [-0.15, -0.1) is 0 Å². The molecule has 1 aliphatic rings. The van der Waals surface area contributed by atoms with E-state index in [-0.39, 0.29) is 13.2 Å². The molecule has 0 saturated carbocycles. The van der Waals surface area contributed by atoms with Gasteiger partial charge >= 0.3 is 23.9 Å². The highest BCUT2D eigenvalue weighted by Crippen LogP contribution is 2.31. The highest BCUT2D eigenvalue weighted by molar-refractivity contribution is 5.88. The zero-order chi connectivity index (χ0) is 29.2. The van der Waals surface area contributed by atoms with Crippen LogP contribution in [0.1, 0.15) is 20.8 Å². The molecule has 0 bridgehead atoms. The highest BCUT2D eigenvalue weighted by Gasteiger charge is 2.55.